The Bertz CT molecular complexity index is 381. The first-order valence-electron chi connectivity index (χ1n) is 4.72. The second-order valence-electron chi connectivity index (χ2n) is 3.18. The quantitative estimate of drug-likeness (QED) is 0.788. The minimum Gasteiger partial charge on any atom is -0.481 e. The van der Waals surface area contributed by atoms with Crippen LogP contribution in [0.3, 0.4) is 0 Å². The van der Waals surface area contributed by atoms with Crippen molar-refractivity contribution in [2.24, 2.45) is 0 Å². The van der Waals surface area contributed by atoms with Crippen LogP contribution in [0.5, 0.6) is 5.88 Å². The Kier molecular flexibility index (Phi) is 3.11. The van der Waals surface area contributed by atoms with Crippen molar-refractivity contribution < 1.29 is 14.6 Å². The maximum Gasteiger partial charge on any atom is 0.304 e. The maximum atomic E-state index is 10.4. The van der Waals surface area contributed by atoms with E-state index >= 15 is 0 Å². The van der Waals surface area contributed by atoms with Crippen molar-refractivity contribution in [2.45, 2.75) is 17.7 Å². The Hall–Kier alpha value is -1.23. The summed E-state index contributed by atoms with van der Waals surface area (Å²) in [6.07, 6.45) is 2.76. The molecular formula is C10H11NO3S. The van der Waals surface area contributed by atoms with E-state index in [1.165, 1.54) is 0 Å². The zero-order chi connectivity index (χ0) is 10.7. The van der Waals surface area contributed by atoms with Gasteiger partial charge >= 0.3 is 5.97 Å². The van der Waals surface area contributed by atoms with Crippen molar-refractivity contribution in [3.05, 3.63) is 17.8 Å². The van der Waals surface area contributed by atoms with Gasteiger partial charge in [0.15, 0.2) is 0 Å². The summed E-state index contributed by atoms with van der Waals surface area (Å²) in [7, 11) is 0. The van der Waals surface area contributed by atoms with Crippen LogP contribution < -0.4 is 4.74 Å². The number of aromatic nitrogens is 1. The minimum atomic E-state index is -0.760. The first kappa shape index (κ1) is 10.3. The third-order valence-electron chi connectivity index (χ3n) is 2.14. The molecule has 0 fully saturated rings. The summed E-state index contributed by atoms with van der Waals surface area (Å²) in [4.78, 5) is 15.6. The summed E-state index contributed by atoms with van der Waals surface area (Å²) in [5.74, 6) is 0.533. The summed E-state index contributed by atoms with van der Waals surface area (Å²) in [6.45, 7) is 0.679. The number of ether oxygens (including phenoxy) is 1. The van der Waals surface area contributed by atoms with Gasteiger partial charge in [0, 0.05) is 28.8 Å². The molecule has 1 aromatic heterocycles. The number of hydrogen-bond acceptors (Lipinski definition) is 4. The van der Waals surface area contributed by atoms with Gasteiger partial charge in [-0.3, -0.25) is 4.79 Å². The lowest BCUT2D eigenvalue weighted by molar-refractivity contribution is -0.136. The molecule has 0 aromatic carbocycles. The van der Waals surface area contributed by atoms with E-state index in [2.05, 4.69) is 4.98 Å². The number of carboxylic acids is 1. The molecule has 15 heavy (non-hydrogen) atoms. The lowest BCUT2D eigenvalue weighted by Gasteiger charge is -2.04. The molecule has 0 saturated heterocycles. The Morgan fingerprint density at radius 1 is 1.67 bits per heavy atom. The normalized spacial score (nSPS) is 13.3. The van der Waals surface area contributed by atoms with Crippen LogP contribution >= 0.6 is 11.8 Å². The van der Waals surface area contributed by atoms with E-state index in [4.69, 9.17) is 9.84 Å². The molecule has 0 unspecified atom stereocenters. The molecule has 1 aliphatic rings. The van der Waals surface area contributed by atoms with Gasteiger partial charge in [-0.1, -0.05) is 0 Å². The van der Waals surface area contributed by atoms with Gasteiger partial charge in [0.2, 0.25) is 5.88 Å². The van der Waals surface area contributed by atoms with Crippen LogP contribution in [-0.4, -0.2) is 28.4 Å². The smallest absolute Gasteiger partial charge is 0.304 e. The molecule has 1 aromatic rings. The molecule has 4 nitrogen and oxygen atoms in total. The highest BCUT2D eigenvalue weighted by atomic mass is 32.2. The predicted octanol–water partition coefficient (Wildman–Crippen LogP) is 1.58. The van der Waals surface area contributed by atoms with Crippen LogP contribution in [0.25, 0.3) is 0 Å². The zero-order valence-electron chi connectivity index (χ0n) is 8.10. The predicted molar refractivity (Wildman–Crippen MR) is 56.4 cm³/mol. The van der Waals surface area contributed by atoms with E-state index in [-0.39, 0.29) is 6.42 Å². The van der Waals surface area contributed by atoms with Crippen molar-refractivity contribution in [3.63, 3.8) is 0 Å². The molecule has 1 aliphatic heterocycles. The first-order valence-corrected chi connectivity index (χ1v) is 5.71. The highest BCUT2D eigenvalue weighted by molar-refractivity contribution is 7.99. The largest absolute Gasteiger partial charge is 0.481 e. The van der Waals surface area contributed by atoms with Gasteiger partial charge in [-0.25, -0.2) is 4.98 Å². The van der Waals surface area contributed by atoms with Crippen molar-refractivity contribution >= 4 is 17.7 Å². The van der Waals surface area contributed by atoms with Crippen LogP contribution in [0.2, 0.25) is 0 Å². The third-order valence-corrected chi connectivity index (χ3v) is 3.24. The molecule has 1 N–H and O–H groups in total. The molecule has 80 valence electrons. The summed E-state index contributed by atoms with van der Waals surface area (Å²) in [5.41, 5.74) is 1.12. The van der Waals surface area contributed by atoms with E-state index < -0.39 is 5.97 Å². The van der Waals surface area contributed by atoms with E-state index in [1.807, 2.05) is 6.07 Å². The Morgan fingerprint density at radius 2 is 2.53 bits per heavy atom. The first-order chi connectivity index (χ1) is 7.27. The molecule has 2 rings (SSSR count). The lowest BCUT2D eigenvalue weighted by Crippen LogP contribution is -1.96. The molecule has 2 heterocycles. The summed E-state index contributed by atoms with van der Waals surface area (Å²) < 4.78 is 5.33. The highest BCUT2D eigenvalue weighted by Crippen LogP contribution is 2.32. The number of aliphatic carboxylic acids is 1. The SMILES string of the molecule is O=C(O)CCSc1ccnc2c1CCO2. The zero-order valence-corrected chi connectivity index (χ0v) is 8.92. The number of nitrogens with zero attached hydrogens (tertiary/aromatic N) is 1. The third kappa shape index (κ3) is 2.41. The monoisotopic (exact) mass is 225 g/mol. The van der Waals surface area contributed by atoms with E-state index in [0.29, 0.717) is 18.2 Å². The number of hydrogen-bond donors (Lipinski definition) is 1. The van der Waals surface area contributed by atoms with E-state index in [9.17, 15) is 4.79 Å². The Balaban J connectivity index is 2.02. The van der Waals surface area contributed by atoms with Crippen molar-refractivity contribution in [1.29, 1.82) is 0 Å². The topological polar surface area (TPSA) is 59.4 Å². The standard InChI is InChI=1S/C10H11NO3S/c12-9(13)3-6-15-8-1-4-11-10-7(8)2-5-14-10/h1,4H,2-3,5-6H2,(H,12,13). The number of pyridine rings is 1. The highest BCUT2D eigenvalue weighted by Gasteiger charge is 2.17. The van der Waals surface area contributed by atoms with Gasteiger partial charge in [-0.05, 0) is 6.07 Å². The number of rotatable bonds is 4. The van der Waals surface area contributed by atoms with E-state index in [0.717, 1.165) is 16.9 Å². The molecule has 0 amide bonds. The second-order valence-corrected chi connectivity index (χ2v) is 4.32. The van der Waals surface area contributed by atoms with Crippen LogP contribution in [0, 0.1) is 0 Å². The van der Waals surface area contributed by atoms with Crippen LogP contribution in [-0.2, 0) is 11.2 Å². The molecule has 0 atom stereocenters. The van der Waals surface area contributed by atoms with Gasteiger partial charge < -0.3 is 9.84 Å². The fourth-order valence-electron chi connectivity index (χ4n) is 1.44. The molecule has 0 saturated carbocycles. The number of carboxylic acid groups (broad SMARTS) is 1. The number of thioether (sulfide) groups is 1. The summed E-state index contributed by atoms with van der Waals surface area (Å²) in [5, 5.41) is 8.53. The van der Waals surface area contributed by atoms with Crippen molar-refractivity contribution in [2.75, 3.05) is 12.4 Å². The average Bonchev–Trinajstić information content (AvgIpc) is 2.65. The molecule has 0 bridgehead atoms. The fraction of sp³-hybridized carbons (Fsp3) is 0.400. The van der Waals surface area contributed by atoms with Gasteiger partial charge in [-0.2, -0.15) is 0 Å². The molecule has 0 radical (unpaired) electrons. The van der Waals surface area contributed by atoms with Gasteiger partial charge in [-0.15, -0.1) is 11.8 Å². The van der Waals surface area contributed by atoms with Crippen LogP contribution in [0.15, 0.2) is 17.2 Å². The Morgan fingerprint density at radius 3 is 3.33 bits per heavy atom. The van der Waals surface area contributed by atoms with Crippen LogP contribution in [0.4, 0.5) is 0 Å². The average molecular weight is 225 g/mol. The summed E-state index contributed by atoms with van der Waals surface area (Å²) in [6, 6.07) is 1.92. The number of carbonyl (C=O) groups is 1. The second kappa shape index (κ2) is 4.53. The van der Waals surface area contributed by atoms with Crippen molar-refractivity contribution in [1.82, 2.24) is 4.98 Å². The van der Waals surface area contributed by atoms with Gasteiger partial charge in [0.1, 0.15) is 0 Å². The molecule has 0 aliphatic carbocycles. The molecule has 0 spiro atoms. The lowest BCUT2D eigenvalue weighted by atomic mass is 10.2. The van der Waals surface area contributed by atoms with Gasteiger partial charge in [0.05, 0.1) is 13.0 Å². The van der Waals surface area contributed by atoms with Crippen LogP contribution in [0.1, 0.15) is 12.0 Å². The van der Waals surface area contributed by atoms with Gasteiger partial charge in [0.25, 0.3) is 0 Å². The molecule has 5 heteroatoms. The fourth-order valence-corrected chi connectivity index (χ4v) is 2.46. The van der Waals surface area contributed by atoms with Crippen molar-refractivity contribution in [3.8, 4) is 5.88 Å². The number of fused-ring (bicyclic) bond motifs is 1. The molecular weight excluding hydrogens is 214 g/mol. The minimum absolute atomic E-state index is 0.183. The van der Waals surface area contributed by atoms with E-state index in [1.54, 1.807) is 18.0 Å². The maximum absolute atomic E-state index is 10.4. The Labute approximate surface area is 91.7 Å². The summed E-state index contributed by atoms with van der Waals surface area (Å²) >= 11 is 1.55.